The molecule has 0 aliphatic heterocycles. The van der Waals surface area contributed by atoms with Gasteiger partial charge in [-0.2, -0.15) is 4.57 Å². The lowest BCUT2D eigenvalue weighted by Gasteiger charge is -2.07. The number of carbonyl (C=O) groups excluding carboxylic acids is 1. The summed E-state index contributed by atoms with van der Waals surface area (Å²) in [5.74, 6) is -0.0182. The van der Waals surface area contributed by atoms with Crippen molar-refractivity contribution in [2.75, 3.05) is 11.6 Å². The molecule has 0 saturated carbocycles. The third kappa shape index (κ3) is 3.83. The number of nitrogens with one attached hydrogen (secondary N) is 1. The zero-order valence-electron chi connectivity index (χ0n) is 11.1. The lowest BCUT2D eigenvalue weighted by molar-refractivity contribution is -0.684. The molecule has 1 aromatic carbocycles. The van der Waals surface area contributed by atoms with E-state index in [0.717, 1.165) is 10.6 Å². The van der Waals surface area contributed by atoms with Crippen molar-refractivity contribution < 1.29 is 9.36 Å². The first-order valence-corrected chi connectivity index (χ1v) is 7.30. The molecule has 0 bridgehead atoms. The Morgan fingerprint density at radius 1 is 1.21 bits per heavy atom. The number of hydrogen-bond acceptors (Lipinski definition) is 2. The summed E-state index contributed by atoms with van der Waals surface area (Å²) in [6.45, 7) is 2.35. The van der Waals surface area contributed by atoms with E-state index in [-0.39, 0.29) is 5.91 Å². The maximum atomic E-state index is 12.0. The van der Waals surface area contributed by atoms with Crippen molar-refractivity contribution in [3.05, 3.63) is 54.4 Å². The fraction of sp³-hybridized carbons (Fsp3) is 0.200. The summed E-state index contributed by atoms with van der Waals surface area (Å²) in [5.41, 5.74) is 2.05. The van der Waals surface area contributed by atoms with Gasteiger partial charge >= 0.3 is 0 Å². The van der Waals surface area contributed by atoms with Gasteiger partial charge in [0.05, 0.1) is 5.69 Å². The minimum Gasteiger partial charge on any atom is -0.320 e. The first-order chi connectivity index (χ1) is 9.19. The zero-order chi connectivity index (χ0) is 13.7. The average molecular weight is 273 g/mol. The van der Waals surface area contributed by atoms with Gasteiger partial charge in [0.1, 0.15) is 0 Å². The van der Waals surface area contributed by atoms with Crippen molar-refractivity contribution in [3.63, 3.8) is 0 Å². The van der Waals surface area contributed by atoms with Crippen LogP contribution in [-0.4, -0.2) is 12.2 Å². The largest absolute Gasteiger partial charge is 0.320 e. The second-order valence-electron chi connectivity index (χ2n) is 4.30. The molecule has 4 heteroatoms. The van der Waals surface area contributed by atoms with Crippen LogP contribution in [0.15, 0.2) is 53.7 Å². The quantitative estimate of drug-likeness (QED) is 0.686. The smallest absolute Gasteiger partial charge is 0.290 e. The number of amides is 1. The number of carbonyl (C=O) groups is 1. The van der Waals surface area contributed by atoms with Gasteiger partial charge in [0.2, 0.25) is 6.54 Å². The van der Waals surface area contributed by atoms with Crippen LogP contribution < -0.4 is 9.88 Å². The molecule has 0 aliphatic rings. The summed E-state index contributed by atoms with van der Waals surface area (Å²) in [5, 5.41) is 2.94. The summed E-state index contributed by atoms with van der Waals surface area (Å²) in [6, 6.07) is 11.8. The number of pyridine rings is 1. The topological polar surface area (TPSA) is 33.0 Å². The number of hydrogen-bond donors (Lipinski definition) is 1. The van der Waals surface area contributed by atoms with Gasteiger partial charge in [-0.25, -0.2) is 0 Å². The van der Waals surface area contributed by atoms with Crippen LogP contribution in [0.4, 0.5) is 5.69 Å². The third-order valence-electron chi connectivity index (χ3n) is 2.77. The van der Waals surface area contributed by atoms with Gasteiger partial charge in [-0.3, -0.25) is 4.79 Å². The van der Waals surface area contributed by atoms with Gasteiger partial charge in [-0.1, -0.05) is 12.1 Å². The van der Waals surface area contributed by atoms with Crippen molar-refractivity contribution in [2.45, 2.75) is 18.4 Å². The van der Waals surface area contributed by atoms with Crippen molar-refractivity contribution in [1.29, 1.82) is 0 Å². The van der Waals surface area contributed by atoms with Crippen LogP contribution >= 0.6 is 11.8 Å². The second kappa shape index (κ2) is 6.38. The highest BCUT2D eigenvalue weighted by Crippen LogP contribution is 2.24. The fourth-order valence-corrected chi connectivity index (χ4v) is 2.29. The van der Waals surface area contributed by atoms with Crippen LogP contribution in [0.25, 0.3) is 0 Å². The molecule has 0 saturated heterocycles. The Kier molecular flexibility index (Phi) is 4.58. The highest BCUT2D eigenvalue weighted by atomic mass is 32.2. The molecule has 0 aliphatic carbocycles. The van der Waals surface area contributed by atoms with Gasteiger partial charge in [0.25, 0.3) is 5.91 Å². The number of thioether (sulfide) groups is 1. The highest BCUT2D eigenvalue weighted by Gasteiger charge is 2.10. The summed E-state index contributed by atoms with van der Waals surface area (Å²) in [6.07, 6.45) is 5.82. The van der Waals surface area contributed by atoms with E-state index in [1.165, 1.54) is 5.56 Å². The van der Waals surface area contributed by atoms with Gasteiger partial charge in [0.15, 0.2) is 12.4 Å². The molecule has 1 aromatic heterocycles. The van der Waals surface area contributed by atoms with E-state index in [2.05, 4.69) is 5.32 Å². The van der Waals surface area contributed by atoms with E-state index >= 15 is 0 Å². The summed E-state index contributed by atoms with van der Waals surface area (Å²) in [4.78, 5) is 13.1. The molecule has 1 amide bonds. The first-order valence-electron chi connectivity index (χ1n) is 6.07. The number of rotatable bonds is 4. The molecule has 2 rings (SSSR count). The van der Waals surface area contributed by atoms with E-state index < -0.39 is 0 Å². The molecule has 19 heavy (non-hydrogen) atoms. The van der Waals surface area contributed by atoms with Crippen LogP contribution in [0, 0.1) is 6.92 Å². The minimum atomic E-state index is -0.0182. The molecular weight excluding hydrogens is 256 g/mol. The lowest BCUT2D eigenvalue weighted by Crippen LogP contribution is -2.39. The van der Waals surface area contributed by atoms with Crippen LogP contribution in [0.2, 0.25) is 0 Å². The van der Waals surface area contributed by atoms with E-state index in [9.17, 15) is 4.79 Å². The molecule has 0 fully saturated rings. The molecule has 0 atom stereocenters. The molecular formula is C15H17N2OS+. The second-order valence-corrected chi connectivity index (χ2v) is 5.14. The molecule has 0 radical (unpaired) electrons. The van der Waals surface area contributed by atoms with Crippen molar-refractivity contribution in [1.82, 2.24) is 0 Å². The van der Waals surface area contributed by atoms with E-state index in [0.29, 0.717) is 6.54 Å². The number of nitrogens with zero attached hydrogens (tertiary/aromatic N) is 1. The predicted octanol–water partition coefficient (Wildman–Crippen LogP) is 2.64. The average Bonchev–Trinajstić information content (AvgIpc) is 2.42. The van der Waals surface area contributed by atoms with Crippen LogP contribution in [0.3, 0.4) is 0 Å². The fourth-order valence-electron chi connectivity index (χ4n) is 1.74. The van der Waals surface area contributed by atoms with Crippen LogP contribution in [-0.2, 0) is 11.3 Å². The van der Waals surface area contributed by atoms with Crippen molar-refractivity contribution in [2.24, 2.45) is 0 Å². The Bertz CT molecular complexity index is 567. The molecule has 1 N–H and O–H groups in total. The van der Waals surface area contributed by atoms with Crippen molar-refractivity contribution in [3.8, 4) is 0 Å². The Balaban J connectivity index is 2.03. The van der Waals surface area contributed by atoms with Gasteiger partial charge < -0.3 is 5.32 Å². The van der Waals surface area contributed by atoms with Gasteiger partial charge in [0, 0.05) is 17.0 Å². The monoisotopic (exact) mass is 273 g/mol. The Hall–Kier alpha value is -1.81. The highest BCUT2D eigenvalue weighted by molar-refractivity contribution is 7.98. The molecule has 0 spiro atoms. The first kappa shape index (κ1) is 13.6. The summed E-state index contributed by atoms with van der Waals surface area (Å²) in [7, 11) is 0. The minimum absolute atomic E-state index is 0.0182. The standard InChI is InChI=1S/C15H16N2OS/c1-12-7-9-17(10-8-12)11-15(18)16-13-5-3-4-6-14(13)19-2/h3-10H,11H2,1-2H3/p+1. The zero-order valence-corrected chi connectivity index (χ0v) is 11.9. The van der Waals surface area contributed by atoms with Gasteiger partial charge in [-0.15, -0.1) is 11.8 Å². The normalized spacial score (nSPS) is 10.2. The molecule has 0 unspecified atom stereocenters. The maximum absolute atomic E-state index is 12.0. The summed E-state index contributed by atoms with van der Waals surface area (Å²) >= 11 is 1.62. The maximum Gasteiger partial charge on any atom is 0.290 e. The number of anilines is 1. The summed E-state index contributed by atoms with van der Waals surface area (Å²) < 4.78 is 1.87. The van der Waals surface area contributed by atoms with Crippen LogP contribution in [0.5, 0.6) is 0 Å². The molecule has 2 aromatic rings. The SMILES string of the molecule is CSc1ccccc1NC(=O)C[n+]1ccc(C)cc1. The molecule has 3 nitrogen and oxygen atoms in total. The third-order valence-corrected chi connectivity index (χ3v) is 3.56. The Morgan fingerprint density at radius 2 is 1.89 bits per heavy atom. The van der Waals surface area contributed by atoms with E-state index in [1.807, 2.05) is 66.5 Å². The van der Waals surface area contributed by atoms with Crippen LogP contribution in [0.1, 0.15) is 5.56 Å². The molecule has 1 heterocycles. The van der Waals surface area contributed by atoms with E-state index in [1.54, 1.807) is 11.8 Å². The number of para-hydroxylation sites is 1. The Morgan fingerprint density at radius 3 is 2.58 bits per heavy atom. The Labute approximate surface area is 117 Å². The lowest BCUT2D eigenvalue weighted by atomic mass is 10.3. The van der Waals surface area contributed by atoms with Crippen molar-refractivity contribution >= 4 is 23.4 Å². The number of aromatic nitrogens is 1. The van der Waals surface area contributed by atoms with E-state index in [4.69, 9.17) is 0 Å². The molecule has 98 valence electrons. The predicted molar refractivity (Wildman–Crippen MR) is 78.2 cm³/mol. The number of benzene rings is 1. The number of aryl methyl sites for hydroxylation is 1. The van der Waals surface area contributed by atoms with Gasteiger partial charge in [-0.05, 0) is 30.9 Å².